The largest absolute Gasteiger partial charge is 0.368 e. The number of hydrogen-bond donors (Lipinski definition) is 1. The first kappa shape index (κ1) is 11.7. The topological polar surface area (TPSA) is 63.4 Å². The van der Waals surface area contributed by atoms with E-state index >= 15 is 0 Å². The van der Waals surface area contributed by atoms with E-state index in [1.165, 1.54) is 0 Å². The van der Waals surface area contributed by atoms with Crippen molar-refractivity contribution in [1.29, 1.82) is 0 Å². The summed E-state index contributed by atoms with van der Waals surface area (Å²) in [5.74, 6) is 0.0591. The Morgan fingerprint density at radius 1 is 1.79 bits per heavy atom. The van der Waals surface area contributed by atoms with E-state index in [2.05, 4.69) is 22.6 Å². The van der Waals surface area contributed by atoms with E-state index < -0.39 is 11.9 Å². The van der Waals surface area contributed by atoms with Crippen molar-refractivity contribution >= 4 is 34.4 Å². The lowest BCUT2D eigenvalue weighted by atomic mass is 10.1. The third-order valence-corrected chi connectivity index (χ3v) is 3.79. The number of hydrogen-bond acceptors (Lipinski definition) is 2. The summed E-state index contributed by atoms with van der Waals surface area (Å²) in [6, 6.07) is -0.407. The van der Waals surface area contributed by atoms with Gasteiger partial charge in [-0.15, -0.1) is 0 Å². The van der Waals surface area contributed by atoms with E-state index in [4.69, 9.17) is 5.73 Å². The van der Waals surface area contributed by atoms with Gasteiger partial charge >= 0.3 is 0 Å². The van der Waals surface area contributed by atoms with Crippen LogP contribution in [0.2, 0.25) is 0 Å². The van der Waals surface area contributed by atoms with Crippen molar-refractivity contribution in [3.8, 4) is 0 Å². The van der Waals surface area contributed by atoms with Gasteiger partial charge in [0.15, 0.2) is 0 Å². The van der Waals surface area contributed by atoms with Gasteiger partial charge in [0.05, 0.1) is 0 Å². The van der Waals surface area contributed by atoms with Crippen LogP contribution in [0.1, 0.15) is 19.8 Å². The molecule has 1 heterocycles. The predicted octanol–water partition coefficient (Wildman–Crippen LogP) is 0.534. The van der Waals surface area contributed by atoms with Crippen LogP contribution in [0, 0.1) is 5.92 Å². The first-order valence-corrected chi connectivity index (χ1v) is 6.27. The van der Waals surface area contributed by atoms with Gasteiger partial charge in [-0.3, -0.25) is 9.59 Å². The number of halogens is 1. The van der Waals surface area contributed by atoms with Crippen LogP contribution in [0.25, 0.3) is 0 Å². The molecule has 14 heavy (non-hydrogen) atoms. The van der Waals surface area contributed by atoms with Gasteiger partial charge < -0.3 is 10.6 Å². The zero-order valence-corrected chi connectivity index (χ0v) is 10.4. The fourth-order valence-corrected chi connectivity index (χ4v) is 2.38. The van der Waals surface area contributed by atoms with Gasteiger partial charge in [0.25, 0.3) is 0 Å². The molecule has 1 saturated heterocycles. The molecule has 1 fully saturated rings. The molecule has 80 valence electrons. The van der Waals surface area contributed by atoms with Crippen LogP contribution < -0.4 is 5.73 Å². The lowest BCUT2D eigenvalue weighted by molar-refractivity contribution is -0.136. The highest BCUT2D eigenvalue weighted by molar-refractivity contribution is 14.1. The fraction of sp³-hybridized carbons (Fsp3) is 0.778. The molecule has 1 unspecified atom stereocenters. The third-order valence-electron chi connectivity index (χ3n) is 2.55. The molecule has 2 N–H and O–H groups in total. The zero-order chi connectivity index (χ0) is 10.7. The van der Waals surface area contributed by atoms with E-state index in [1.54, 1.807) is 4.90 Å². The Hall–Kier alpha value is -0.330. The second-order valence-electron chi connectivity index (χ2n) is 3.60. The normalized spacial score (nSPS) is 24.0. The number of carbonyl (C=O) groups is 2. The number of nitrogens with zero attached hydrogens (tertiary/aromatic N) is 1. The molecule has 2 atom stereocenters. The van der Waals surface area contributed by atoms with E-state index in [1.807, 2.05) is 6.92 Å². The Labute approximate surface area is 97.3 Å². The average Bonchev–Trinajstić information content (AvgIpc) is 2.48. The van der Waals surface area contributed by atoms with Gasteiger partial charge in [-0.1, -0.05) is 29.5 Å². The predicted molar refractivity (Wildman–Crippen MR) is 62.0 cm³/mol. The van der Waals surface area contributed by atoms with Crippen molar-refractivity contribution in [3.63, 3.8) is 0 Å². The maximum Gasteiger partial charge on any atom is 0.240 e. The minimum Gasteiger partial charge on any atom is -0.368 e. The van der Waals surface area contributed by atoms with Gasteiger partial charge in [-0.2, -0.15) is 0 Å². The first-order valence-electron chi connectivity index (χ1n) is 4.74. The molecule has 0 bridgehead atoms. The SMILES string of the molecule is CC[C@@H](C(N)=O)N1CC(CI)CC1=O. The van der Waals surface area contributed by atoms with E-state index in [9.17, 15) is 9.59 Å². The third kappa shape index (κ3) is 2.37. The van der Waals surface area contributed by atoms with Crippen molar-refractivity contribution in [1.82, 2.24) is 4.90 Å². The average molecular weight is 310 g/mol. The Balaban J connectivity index is 2.68. The van der Waals surface area contributed by atoms with Crippen LogP contribution in [0.15, 0.2) is 0 Å². The Bertz CT molecular complexity index is 245. The minimum atomic E-state index is -0.407. The molecule has 0 aromatic heterocycles. The number of likely N-dealkylation sites (tertiary alicyclic amines) is 1. The highest BCUT2D eigenvalue weighted by atomic mass is 127. The molecule has 2 amide bonds. The number of nitrogens with two attached hydrogens (primary N) is 1. The van der Waals surface area contributed by atoms with Crippen LogP contribution in [0.3, 0.4) is 0 Å². The lowest BCUT2D eigenvalue weighted by Crippen LogP contribution is -2.45. The number of rotatable bonds is 4. The smallest absolute Gasteiger partial charge is 0.240 e. The van der Waals surface area contributed by atoms with Crippen molar-refractivity contribution < 1.29 is 9.59 Å². The molecule has 1 aliphatic rings. The van der Waals surface area contributed by atoms with Gasteiger partial charge in [-0.05, 0) is 12.3 Å². The highest BCUT2D eigenvalue weighted by Crippen LogP contribution is 2.22. The maximum absolute atomic E-state index is 11.6. The van der Waals surface area contributed by atoms with Crippen LogP contribution in [-0.2, 0) is 9.59 Å². The van der Waals surface area contributed by atoms with Gasteiger partial charge in [0, 0.05) is 17.4 Å². The van der Waals surface area contributed by atoms with Crippen LogP contribution >= 0.6 is 22.6 Å². The molecular formula is C9H15IN2O2. The van der Waals surface area contributed by atoms with E-state index in [-0.39, 0.29) is 5.91 Å². The Morgan fingerprint density at radius 3 is 2.79 bits per heavy atom. The second-order valence-corrected chi connectivity index (χ2v) is 4.48. The second kappa shape index (κ2) is 4.95. The summed E-state index contributed by atoms with van der Waals surface area (Å²) < 4.78 is 0.954. The molecule has 1 aliphatic heterocycles. The monoisotopic (exact) mass is 310 g/mol. The van der Waals surface area contributed by atoms with E-state index in [0.717, 1.165) is 4.43 Å². The quantitative estimate of drug-likeness (QED) is 0.608. The molecule has 0 spiro atoms. The maximum atomic E-state index is 11.6. The van der Waals surface area contributed by atoms with Crippen LogP contribution in [0.5, 0.6) is 0 Å². The number of carbonyl (C=O) groups excluding carboxylic acids is 2. The Morgan fingerprint density at radius 2 is 2.43 bits per heavy atom. The standard InChI is InChI=1S/C9H15IN2O2/c1-2-7(9(11)14)12-5-6(4-10)3-8(12)13/h6-7H,2-5H2,1H3,(H2,11,14)/t6?,7-/m0/s1. The summed E-state index contributed by atoms with van der Waals surface area (Å²) in [4.78, 5) is 24.3. The zero-order valence-electron chi connectivity index (χ0n) is 8.20. The summed E-state index contributed by atoms with van der Waals surface area (Å²) in [7, 11) is 0. The van der Waals surface area contributed by atoms with Gasteiger partial charge in [0.2, 0.25) is 11.8 Å². The number of amides is 2. The highest BCUT2D eigenvalue weighted by Gasteiger charge is 2.35. The summed E-state index contributed by atoms with van der Waals surface area (Å²) >= 11 is 2.27. The van der Waals surface area contributed by atoms with Gasteiger partial charge in [0.1, 0.15) is 6.04 Å². The lowest BCUT2D eigenvalue weighted by Gasteiger charge is -2.24. The molecule has 4 nitrogen and oxygen atoms in total. The molecule has 0 aromatic carbocycles. The van der Waals surface area contributed by atoms with Crippen molar-refractivity contribution in [2.75, 3.05) is 11.0 Å². The summed E-state index contributed by atoms with van der Waals surface area (Å²) in [5.41, 5.74) is 5.24. The van der Waals surface area contributed by atoms with Crippen molar-refractivity contribution in [2.24, 2.45) is 11.7 Å². The molecular weight excluding hydrogens is 295 g/mol. The van der Waals surface area contributed by atoms with E-state index in [0.29, 0.717) is 25.3 Å². The van der Waals surface area contributed by atoms with Crippen molar-refractivity contribution in [2.45, 2.75) is 25.8 Å². The summed E-state index contributed by atoms with van der Waals surface area (Å²) in [5, 5.41) is 0. The molecule has 5 heteroatoms. The summed E-state index contributed by atoms with van der Waals surface area (Å²) in [6.07, 6.45) is 1.17. The molecule has 0 saturated carbocycles. The number of alkyl halides is 1. The molecule has 0 aromatic rings. The minimum absolute atomic E-state index is 0.0670. The molecule has 0 radical (unpaired) electrons. The first-order chi connectivity index (χ1) is 6.60. The number of primary amides is 1. The van der Waals surface area contributed by atoms with Crippen molar-refractivity contribution in [3.05, 3.63) is 0 Å². The molecule has 0 aliphatic carbocycles. The fourth-order valence-electron chi connectivity index (χ4n) is 1.79. The van der Waals surface area contributed by atoms with Crippen LogP contribution in [-0.4, -0.2) is 33.7 Å². The molecule has 1 rings (SSSR count). The van der Waals surface area contributed by atoms with Gasteiger partial charge in [-0.25, -0.2) is 0 Å². The van der Waals surface area contributed by atoms with Crippen LogP contribution in [0.4, 0.5) is 0 Å². The summed E-state index contributed by atoms with van der Waals surface area (Å²) in [6.45, 7) is 2.56. The Kier molecular flexibility index (Phi) is 4.15.